The molecule has 0 aliphatic heterocycles. The van der Waals surface area contributed by atoms with Crippen LogP contribution < -0.4 is 0 Å². The predicted octanol–water partition coefficient (Wildman–Crippen LogP) is 18.4. The van der Waals surface area contributed by atoms with E-state index >= 15 is 0 Å². The molecule has 0 aliphatic rings. The van der Waals surface area contributed by atoms with E-state index in [0.29, 0.717) is 39.7 Å². The Morgan fingerprint density at radius 1 is 0.233 bits per heavy atom. The molecule has 9 aromatic heterocycles. The van der Waals surface area contributed by atoms with Gasteiger partial charge in [-0.25, -0.2) is 24.9 Å². The zero-order chi connectivity index (χ0) is 56.9. The molecule has 0 bridgehead atoms. The van der Waals surface area contributed by atoms with Gasteiger partial charge in [0.25, 0.3) is 0 Å². The molecule has 7 aromatic carbocycles. The van der Waals surface area contributed by atoms with Crippen molar-refractivity contribution in [3.63, 3.8) is 0 Å². The maximum Gasteiger partial charge on any atom is 0.161 e. The lowest BCUT2D eigenvalue weighted by Gasteiger charge is -2.17. The summed E-state index contributed by atoms with van der Waals surface area (Å²) < 4.78 is 14.3. The first-order chi connectivity index (χ1) is 42.6. The molecule has 0 unspecified atom stereocenters. The SMILES string of the molecule is c1ccc(-c2cc(-c3nc(-c4ccccc4)cc4c3oc3ccc(-c5c(-c6ccncc6)nc(-c6ccccc6)nc5-c5ccncc5)cc34)c3oc4ccc(-c5c(-c6ccncc6)nc(-c6ccccc6)nc5-c5ccncc5)cc4c3c2)cc1. The van der Waals surface area contributed by atoms with Gasteiger partial charge in [0.2, 0.25) is 0 Å². The summed E-state index contributed by atoms with van der Waals surface area (Å²) in [5.74, 6) is 1.21. The van der Waals surface area contributed by atoms with Gasteiger partial charge in [0.15, 0.2) is 17.2 Å². The Hall–Kier alpha value is -12.0. The number of aromatic nitrogens is 9. The van der Waals surface area contributed by atoms with E-state index in [1.807, 2.05) is 140 Å². The summed E-state index contributed by atoms with van der Waals surface area (Å²) in [7, 11) is 0. The summed E-state index contributed by atoms with van der Waals surface area (Å²) in [5, 5.41) is 3.59. The molecule has 0 N–H and O–H groups in total. The number of pyridine rings is 5. The minimum atomic E-state index is 0.604. The van der Waals surface area contributed by atoms with Gasteiger partial charge in [-0.15, -0.1) is 0 Å². The molecule has 402 valence electrons. The minimum Gasteiger partial charge on any atom is -0.455 e. The highest BCUT2D eigenvalue weighted by molar-refractivity contribution is 6.17. The lowest BCUT2D eigenvalue weighted by Crippen LogP contribution is -2.01. The highest BCUT2D eigenvalue weighted by Crippen LogP contribution is 2.48. The first-order valence-corrected chi connectivity index (χ1v) is 28.2. The fourth-order valence-electron chi connectivity index (χ4n) is 11.7. The van der Waals surface area contributed by atoms with Gasteiger partial charge in [0.1, 0.15) is 22.4 Å². The predicted molar refractivity (Wildman–Crippen MR) is 341 cm³/mol. The van der Waals surface area contributed by atoms with Crippen molar-refractivity contribution in [1.82, 2.24) is 44.9 Å². The van der Waals surface area contributed by atoms with E-state index in [-0.39, 0.29) is 0 Å². The van der Waals surface area contributed by atoms with Crippen LogP contribution in [0, 0.1) is 0 Å². The van der Waals surface area contributed by atoms with Gasteiger partial charge in [0.05, 0.1) is 28.5 Å². The summed E-state index contributed by atoms with van der Waals surface area (Å²) >= 11 is 0. The monoisotopic (exact) mass is 1100 g/mol. The van der Waals surface area contributed by atoms with Gasteiger partial charge < -0.3 is 8.83 Å². The number of benzene rings is 7. The van der Waals surface area contributed by atoms with E-state index in [9.17, 15) is 0 Å². The second-order valence-electron chi connectivity index (χ2n) is 20.9. The Morgan fingerprint density at radius 3 is 1.01 bits per heavy atom. The molecule has 0 saturated carbocycles. The highest BCUT2D eigenvalue weighted by Gasteiger charge is 2.27. The largest absolute Gasteiger partial charge is 0.455 e. The highest BCUT2D eigenvalue weighted by atomic mass is 16.3. The topological polar surface area (TPSA) is 142 Å². The number of furan rings is 2. The molecule has 11 heteroatoms. The molecule has 0 atom stereocenters. The number of fused-ring (bicyclic) bond motifs is 6. The normalized spacial score (nSPS) is 11.5. The molecule has 16 rings (SSSR count). The van der Waals surface area contributed by atoms with E-state index in [1.165, 1.54) is 0 Å². The van der Waals surface area contributed by atoms with Gasteiger partial charge in [-0.05, 0) is 113 Å². The molecule has 16 aromatic rings. The summed E-state index contributed by atoms with van der Waals surface area (Å²) in [6.07, 6.45) is 14.4. The molecule has 0 spiro atoms. The average molecular weight is 1100 g/mol. The van der Waals surface area contributed by atoms with E-state index in [4.69, 9.17) is 33.8 Å². The molecule has 0 saturated heterocycles. The molecular formula is C75H45N9O2. The zero-order valence-corrected chi connectivity index (χ0v) is 45.8. The van der Waals surface area contributed by atoms with Crippen molar-refractivity contribution >= 4 is 43.9 Å². The smallest absolute Gasteiger partial charge is 0.161 e. The van der Waals surface area contributed by atoms with Crippen LogP contribution in [0.3, 0.4) is 0 Å². The second kappa shape index (κ2) is 21.1. The summed E-state index contributed by atoms with van der Waals surface area (Å²) in [4.78, 5) is 44.6. The standard InChI is InChI=1S/C75H45N9O2/c1-5-13-46(14-6-1)56-43-59-57-41-54(65-67(48-25-33-76-34-26-48)81-74(52-17-9-3-10-18-52)82-68(65)49-27-35-77-36-28-49)21-23-63(57)85-72(59)61(44-56)71-73-60(45-62(80-71)47-15-7-2-8-16-47)58-42-55(22-24-64(58)86-73)66-69(50-29-37-78-38-30-50)83-75(53-19-11-4-12-20-53)84-70(66)51-31-39-79-40-32-51/h1-45H. The molecule has 0 amide bonds. The van der Waals surface area contributed by atoms with Crippen molar-refractivity contribution in [2.75, 3.05) is 0 Å². The number of hydrogen-bond acceptors (Lipinski definition) is 11. The number of rotatable bonds is 11. The Kier molecular flexibility index (Phi) is 12.2. The Bertz CT molecular complexity index is 4740. The third-order valence-corrected chi connectivity index (χ3v) is 15.7. The third kappa shape index (κ3) is 8.91. The van der Waals surface area contributed by atoms with Crippen LogP contribution in [0.15, 0.2) is 283 Å². The van der Waals surface area contributed by atoms with Crippen molar-refractivity contribution in [2.24, 2.45) is 0 Å². The van der Waals surface area contributed by atoms with Crippen LogP contribution in [0.25, 0.3) is 168 Å². The van der Waals surface area contributed by atoms with Crippen LogP contribution in [0.4, 0.5) is 0 Å². The molecule has 86 heavy (non-hydrogen) atoms. The molecule has 11 nitrogen and oxygen atoms in total. The fraction of sp³-hybridized carbons (Fsp3) is 0. The van der Waals surface area contributed by atoms with Crippen molar-refractivity contribution in [1.29, 1.82) is 0 Å². The number of nitrogens with zero attached hydrogens (tertiary/aromatic N) is 9. The number of hydrogen-bond donors (Lipinski definition) is 0. The molecule has 9 heterocycles. The maximum atomic E-state index is 7.17. The first-order valence-electron chi connectivity index (χ1n) is 28.2. The van der Waals surface area contributed by atoms with Crippen LogP contribution >= 0.6 is 0 Å². The van der Waals surface area contributed by atoms with Gasteiger partial charge in [-0.2, -0.15) is 0 Å². The van der Waals surface area contributed by atoms with Crippen molar-refractivity contribution in [3.05, 3.63) is 274 Å². The maximum absolute atomic E-state index is 7.17. The van der Waals surface area contributed by atoms with Gasteiger partial charge in [-0.1, -0.05) is 133 Å². The van der Waals surface area contributed by atoms with Gasteiger partial charge in [0, 0.05) is 127 Å². The second-order valence-corrected chi connectivity index (χ2v) is 20.9. The van der Waals surface area contributed by atoms with Crippen molar-refractivity contribution < 1.29 is 8.83 Å². The summed E-state index contributed by atoms with van der Waals surface area (Å²) in [6.45, 7) is 0. The van der Waals surface area contributed by atoms with Crippen LogP contribution in [-0.2, 0) is 0 Å². The van der Waals surface area contributed by atoms with Crippen molar-refractivity contribution in [3.8, 4) is 124 Å². The van der Waals surface area contributed by atoms with Crippen molar-refractivity contribution in [2.45, 2.75) is 0 Å². The van der Waals surface area contributed by atoms with E-state index in [0.717, 1.165) is 128 Å². The third-order valence-electron chi connectivity index (χ3n) is 15.7. The molecular weight excluding hydrogens is 1060 g/mol. The summed E-state index contributed by atoms with van der Waals surface area (Å²) in [5.41, 5.74) is 19.8. The lowest BCUT2D eigenvalue weighted by atomic mass is 9.92. The Morgan fingerprint density at radius 2 is 0.593 bits per heavy atom. The fourth-order valence-corrected chi connectivity index (χ4v) is 11.7. The quantitative estimate of drug-likeness (QED) is 0.122. The van der Waals surface area contributed by atoms with E-state index in [1.54, 1.807) is 49.6 Å². The zero-order valence-electron chi connectivity index (χ0n) is 45.8. The average Bonchev–Trinajstić information content (AvgIpc) is 1.76. The first kappa shape index (κ1) is 49.8. The van der Waals surface area contributed by atoms with Gasteiger partial charge >= 0.3 is 0 Å². The lowest BCUT2D eigenvalue weighted by molar-refractivity contribution is 0.663. The van der Waals surface area contributed by atoms with Crippen LogP contribution in [0.1, 0.15) is 0 Å². The van der Waals surface area contributed by atoms with Crippen LogP contribution in [0.5, 0.6) is 0 Å². The van der Waals surface area contributed by atoms with Crippen LogP contribution in [-0.4, -0.2) is 44.9 Å². The molecule has 0 aliphatic carbocycles. The van der Waals surface area contributed by atoms with E-state index < -0.39 is 0 Å². The molecule has 0 fully saturated rings. The van der Waals surface area contributed by atoms with E-state index in [2.05, 4.69) is 105 Å². The molecule has 0 radical (unpaired) electrons. The van der Waals surface area contributed by atoms with Gasteiger partial charge in [-0.3, -0.25) is 19.9 Å². The van der Waals surface area contributed by atoms with Crippen LogP contribution in [0.2, 0.25) is 0 Å². The Balaban J connectivity index is 0.949. The summed E-state index contributed by atoms with van der Waals surface area (Å²) in [6, 6.07) is 76.1. The minimum absolute atomic E-state index is 0.604. The Labute approximate surface area is 492 Å².